The van der Waals surface area contributed by atoms with Gasteiger partial charge in [-0.05, 0) is 43.3 Å². The number of rotatable bonds is 8. The molecule has 4 nitrogen and oxygen atoms in total. The lowest BCUT2D eigenvalue weighted by Crippen LogP contribution is -2.31. The zero-order valence-electron chi connectivity index (χ0n) is 14.2. The molecule has 0 aliphatic rings. The van der Waals surface area contributed by atoms with Gasteiger partial charge in [-0.1, -0.05) is 29.3 Å². The Balaban J connectivity index is 1.88. The molecular formula is C19H18Cl2N2O2S. The summed E-state index contributed by atoms with van der Waals surface area (Å²) in [7, 11) is 0. The molecule has 0 aliphatic heterocycles. The maximum absolute atomic E-state index is 11.9. The van der Waals surface area contributed by atoms with Crippen LogP contribution in [0.15, 0.2) is 47.4 Å². The zero-order chi connectivity index (χ0) is 18.9. The molecule has 1 unspecified atom stereocenters. The zero-order valence-corrected chi connectivity index (χ0v) is 16.5. The lowest BCUT2D eigenvalue weighted by molar-refractivity contribution is -0.120. The molecule has 0 radical (unpaired) electrons. The maximum atomic E-state index is 11.9. The SMILES string of the molecule is CC(Sc1ccc(OCc2c(Cl)cccc2Cl)cc1)C(=O)NCCC#N. The number of hydrogen-bond acceptors (Lipinski definition) is 4. The number of nitrogens with one attached hydrogen (secondary N) is 1. The highest BCUT2D eigenvalue weighted by molar-refractivity contribution is 8.00. The van der Waals surface area contributed by atoms with E-state index in [4.69, 9.17) is 33.2 Å². The molecule has 0 spiro atoms. The molecule has 0 saturated carbocycles. The van der Waals surface area contributed by atoms with E-state index in [2.05, 4.69) is 5.32 Å². The molecule has 1 amide bonds. The minimum absolute atomic E-state index is 0.0843. The quantitative estimate of drug-likeness (QED) is 0.488. The van der Waals surface area contributed by atoms with Gasteiger partial charge < -0.3 is 10.1 Å². The molecule has 1 atom stereocenters. The van der Waals surface area contributed by atoms with Gasteiger partial charge in [0.05, 0.1) is 17.7 Å². The highest BCUT2D eigenvalue weighted by Gasteiger charge is 2.14. The summed E-state index contributed by atoms with van der Waals surface area (Å²) in [6, 6.07) is 14.8. The molecule has 1 N–H and O–H groups in total. The minimum Gasteiger partial charge on any atom is -0.489 e. The maximum Gasteiger partial charge on any atom is 0.233 e. The van der Waals surface area contributed by atoms with Crippen LogP contribution in [0, 0.1) is 11.3 Å². The van der Waals surface area contributed by atoms with Crippen molar-refractivity contribution in [1.29, 1.82) is 5.26 Å². The number of thioether (sulfide) groups is 1. The lowest BCUT2D eigenvalue weighted by Gasteiger charge is -2.12. The number of ether oxygens (including phenoxy) is 1. The first kappa shape index (κ1) is 20.4. The van der Waals surface area contributed by atoms with Gasteiger partial charge in [-0.2, -0.15) is 5.26 Å². The van der Waals surface area contributed by atoms with Crippen molar-refractivity contribution in [2.24, 2.45) is 0 Å². The standard InChI is InChI=1S/C19H18Cl2N2O2S/c1-13(19(24)23-11-3-10-22)26-15-8-6-14(7-9-15)25-12-16-17(20)4-2-5-18(16)21/h2,4-9,13H,3,11-12H2,1H3,(H,23,24). The van der Waals surface area contributed by atoms with E-state index >= 15 is 0 Å². The second-order valence-electron chi connectivity index (χ2n) is 5.42. The van der Waals surface area contributed by atoms with E-state index in [-0.39, 0.29) is 17.8 Å². The normalized spacial score (nSPS) is 11.5. The summed E-state index contributed by atoms with van der Waals surface area (Å²) in [4.78, 5) is 12.9. The number of halogens is 2. The number of benzene rings is 2. The van der Waals surface area contributed by atoms with Crippen LogP contribution in [-0.4, -0.2) is 17.7 Å². The summed E-state index contributed by atoms with van der Waals surface area (Å²) in [5.41, 5.74) is 0.747. The van der Waals surface area contributed by atoms with Gasteiger partial charge in [-0.25, -0.2) is 0 Å². The number of amides is 1. The topological polar surface area (TPSA) is 62.1 Å². The molecule has 0 saturated heterocycles. The largest absolute Gasteiger partial charge is 0.489 e. The molecule has 0 bridgehead atoms. The first-order valence-corrected chi connectivity index (χ1v) is 9.62. The lowest BCUT2D eigenvalue weighted by atomic mass is 10.2. The summed E-state index contributed by atoms with van der Waals surface area (Å²) in [6.45, 7) is 2.48. The first-order valence-electron chi connectivity index (χ1n) is 7.98. The fourth-order valence-electron chi connectivity index (χ4n) is 2.08. The Morgan fingerprint density at radius 1 is 1.23 bits per heavy atom. The summed E-state index contributed by atoms with van der Waals surface area (Å²) in [5.74, 6) is 0.607. The molecule has 2 aromatic carbocycles. The number of carbonyl (C=O) groups is 1. The summed E-state index contributed by atoms with van der Waals surface area (Å²) >= 11 is 13.7. The van der Waals surface area contributed by atoms with Crippen LogP contribution in [0.25, 0.3) is 0 Å². The van der Waals surface area contributed by atoms with Gasteiger partial charge in [-0.15, -0.1) is 11.8 Å². The molecule has 7 heteroatoms. The van der Waals surface area contributed by atoms with Crippen molar-refractivity contribution in [2.75, 3.05) is 6.54 Å². The van der Waals surface area contributed by atoms with Crippen molar-refractivity contribution in [2.45, 2.75) is 30.1 Å². The number of hydrogen-bond donors (Lipinski definition) is 1. The van der Waals surface area contributed by atoms with Crippen molar-refractivity contribution in [1.82, 2.24) is 5.32 Å². The summed E-state index contributed by atoms with van der Waals surface area (Å²) in [5, 5.41) is 12.1. The van der Waals surface area contributed by atoms with E-state index < -0.39 is 0 Å². The van der Waals surface area contributed by atoms with Crippen molar-refractivity contribution in [3.63, 3.8) is 0 Å². The third kappa shape index (κ3) is 6.14. The second-order valence-corrected chi connectivity index (χ2v) is 7.65. The van der Waals surface area contributed by atoms with Crippen molar-refractivity contribution in [3.05, 3.63) is 58.1 Å². The van der Waals surface area contributed by atoms with Crippen LogP contribution in [0.3, 0.4) is 0 Å². The molecule has 0 heterocycles. The number of nitrogens with zero attached hydrogens (tertiary/aromatic N) is 1. The van der Waals surface area contributed by atoms with Crippen molar-refractivity contribution >= 4 is 40.9 Å². The third-order valence-corrected chi connectivity index (χ3v) is 5.31. The van der Waals surface area contributed by atoms with E-state index in [1.807, 2.05) is 37.3 Å². The van der Waals surface area contributed by atoms with E-state index in [9.17, 15) is 4.79 Å². The molecule has 2 aromatic rings. The third-order valence-electron chi connectivity index (χ3n) is 3.49. The molecule has 0 aliphatic carbocycles. The van der Waals surface area contributed by atoms with Gasteiger partial charge in [0.15, 0.2) is 0 Å². The van der Waals surface area contributed by atoms with Crippen molar-refractivity contribution < 1.29 is 9.53 Å². The highest BCUT2D eigenvalue weighted by Crippen LogP contribution is 2.28. The van der Waals surface area contributed by atoms with Crippen LogP contribution < -0.4 is 10.1 Å². The van der Waals surface area contributed by atoms with Crippen LogP contribution >= 0.6 is 35.0 Å². The van der Waals surface area contributed by atoms with Crippen LogP contribution in [0.5, 0.6) is 5.75 Å². The van der Waals surface area contributed by atoms with Crippen LogP contribution in [0.2, 0.25) is 10.0 Å². The molecule has 136 valence electrons. The predicted molar refractivity (Wildman–Crippen MR) is 106 cm³/mol. The van der Waals surface area contributed by atoms with Gasteiger partial charge in [0.2, 0.25) is 5.91 Å². The average molecular weight is 409 g/mol. The van der Waals surface area contributed by atoms with Gasteiger partial charge in [-0.3, -0.25) is 4.79 Å². The Bertz CT molecular complexity index is 771. The Kier molecular flexibility index (Phi) is 8.11. The number of carbonyl (C=O) groups excluding carboxylic acids is 1. The molecule has 0 fully saturated rings. The van der Waals surface area contributed by atoms with Crippen LogP contribution in [0.4, 0.5) is 0 Å². The Hall–Kier alpha value is -1.87. The first-order chi connectivity index (χ1) is 12.5. The average Bonchev–Trinajstić information content (AvgIpc) is 2.62. The summed E-state index contributed by atoms with van der Waals surface area (Å²) < 4.78 is 5.74. The van der Waals surface area contributed by atoms with E-state index in [1.54, 1.807) is 18.2 Å². The monoisotopic (exact) mass is 408 g/mol. The molecule has 2 rings (SSSR count). The second kappa shape index (κ2) is 10.3. The van der Waals surface area contributed by atoms with E-state index in [0.717, 1.165) is 10.5 Å². The van der Waals surface area contributed by atoms with Gasteiger partial charge in [0.1, 0.15) is 12.4 Å². The Morgan fingerprint density at radius 2 is 1.88 bits per heavy atom. The molecular weight excluding hydrogens is 391 g/mol. The van der Waals surface area contributed by atoms with Gasteiger partial charge >= 0.3 is 0 Å². The minimum atomic E-state index is -0.248. The fourth-order valence-corrected chi connectivity index (χ4v) is 3.48. The smallest absolute Gasteiger partial charge is 0.233 e. The number of nitriles is 1. The van der Waals surface area contributed by atoms with E-state index in [0.29, 0.717) is 28.8 Å². The summed E-state index contributed by atoms with van der Waals surface area (Å²) in [6.07, 6.45) is 0.310. The Morgan fingerprint density at radius 3 is 2.50 bits per heavy atom. The van der Waals surface area contributed by atoms with Crippen LogP contribution in [0.1, 0.15) is 18.9 Å². The van der Waals surface area contributed by atoms with Gasteiger partial charge in [0, 0.05) is 27.0 Å². The molecule has 0 aromatic heterocycles. The van der Waals surface area contributed by atoms with Crippen molar-refractivity contribution in [3.8, 4) is 11.8 Å². The van der Waals surface area contributed by atoms with Gasteiger partial charge in [0.25, 0.3) is 0 Å². The Labute approximate surface area is 167 Å². The molecule has 26 heavy (non-hydrogen) atoms. The fraction of sp³-hybridized carbons (Fsp3) is 0.263. The highest BCUT2D eigenvalue weighted by atomic mass is 35.5. The van der Waals surface area contributed by atoms with E-state index in [1.165, 1.54) is 11.8 Å². The van der Waals surface area contributed by atoms with Crippen LogP contribution in [-0.2, 0) is 11.4 Å². The predicted octanol–water partition coefficient (Wildman–Crippen LogP) is 5.08.